The van der Waals surface area contributed by atoms with Gasteiger partial charge in [0.05, 0.1) is 0 Å². The average molecular weight is 255 g/mol. The van der Waals surface area contributed by atoms with Gasteiger partial charge < -0.3 is 15.2 Å². The van der Waals surface area contributed by atoms with Crippen LogP contribution in [-0.4, -0.2) is 20.1 Å². The fraction of sp³-hybridized carbons (Fsp3) is 0.462. The third-order valence-electron chi connectivity index (χ3n) is 2.89. The summed E-state index contributed by atoms with van der Waals surface area (Å²) >= 11 is 0. The number of hydrogen-bond acceptors (Lipinski definition) is 3. The zero-order valence-electron chi connectivity index (χ0n) is 10.8. The second kappa shape index (κ2) is 5.93. The summed E-state index contributed by atoms with van der Waals surface area (Å²) in [5.41, 5.74) is 6.26. The molecule has 0 unspecified atom stereocenters. The molecule has 1 amide bonds. The maximum atomic E-state index is 13.9. The monoisotopic (exact) mass is 255 g/mol. The summed E-state index contributed by atoms with van der Waals surface area (Å²) in [6, 6.07) is 4.65. The van der Waals surface area contributed by atoms with E-state index in [4.69, 9.17) is 15.2 Å². The first-order valence-electron chi connectivity index (χ1n) is 5.60. The van der Waals surface area contributed by atoms with Crippen LogP contribution in [0.1, 0.15) is 24.0 Å². The van der Waals surface area contributed by atoms with Crippen LogP contribution in [0, 0.1) is 12.7 Å². The summed E-state index contributed by atoms with van der Waals surface area (Å²) in [5.74, 6) is -2.21. The topological polar surface area (TPSA) is 61.5 Å². The number of aryl methyl sites for hydroxylation is 1. The molecule has 0 radical (unpaired) electrons. The summed E-state index contributed by atoms with van der Waals surface area (Å²) in [6.07, 6.45) is 0.213. The summed E-state index contributed by atoms with van der Waals surface area (Å²) in [6.45, 7) is 1.84. The molecule has 100 valence electrons. The van der Waals surface area contributed by atoms with E-state index in [1.54, 1.807) is 12.1 Å². The predicted octanol–water partition coefficient (Wildman–Crippen LogP) is 1.85. The van der Waals surface area contributed by atoms with E-state index in [0.717, 1.165) is 5.56 Å². The molecule has 1 aromatic rings. The lowest BCUT2D eigenvalue weighted by Gasteiger charge is -2.31. The van der Waals surface area contributed by atoms with Gasteiger partial charge in [0.25, 0.3) is 0 Å². The van der Waals surface area contributed by atoms with E-state index in [1.807, 2.05) is 6.92 Å². The molecule has 4 nitrogen and oxygen atoms in total. The third-order valence-corrected chi connectivity index (χ3v) is 2.89. The van der Waals surface area contributed by atoms with Crippen LogP contribution in [0.5, 0.6) is 0 Å². The summed E-state index contributed by atoms with van der Waals surface area (Å²) in [5, 5.41) is 0. The molecular weight excluding hydrogens is 237 g/mol. The van der Waals surface area contributed by atoms with E-state index in [1.165, 1.54) is 20.3 Å². The van der Waals surface area contributed by atoms with Crippen LogP contribution in [0.2, 0.25) is 0 Å². The minimum Gasteiger partial charge on any atom is -0.370 e. The number of primary amides is 1. The highest BCUT2D eigenvalue weighted by molar-refractivity contribution is 5.73. The van der Waals surface area contributed by atoms with E-state index >= 15 is 0 Å². The summed E-state index contributed by atoms with van der Waals surface area (Å²) in [4.78, 5) is 10.9. The molecule has 0 bridgehead atoms. The molecule has 0 atom stereocenters. The number of hydrogen-bond donors (Lipinski definition) is 1. The van der Waals surface area contributed by atoms with Gasteiger partial charge in [-0.2, -0.15) is 0 Å². The Labute approximate surface area is 106 Å². The Balaban J connectivity index is 3.16. The maximum absolute atomic E-state index is 13.9. The molecule has 5 heteroatoms. The van der Waals surface area contributed by atoms with Crippen molar-refractivity contribution in [1.82, 2.24) is 0 Å². The Morgan fingerprint density at radius 3 is 2.50 bits per heavy atom. The molecule has 0 fully saturated rings. The van der Waals surface area contributed by atoms with Crippen molar-refractivity contribution in [1.29, 1.82) is 0 Å². The molecule has 0 spiro atoms. The maximum Gasteiger partial charge on any atom is 0.217 e. The van der Waals surface area contributed by atoms with E-state index in [-0.39, 0.29) is 18.4 Å². The van der Waals surface area contributed by atoms with Gasteiger partial charge in [0.1, 0.15) is 5.82 Å². The largest absolute Gasteiger partial charge is 0.370 e. The zero-order valence-corrected chi connectivity index (χ0v) is 10.8. The molecular formula is C13H18FNO3. The number of methoxy groups -OCH3 is 2. The lowest BCUT2D eigenvalue weighted by Crippen LogP contribution is -2.33. The molecule has 0 saturated heterocycles. The Hall–Kier alpha value is -1.46. The number of rotatable bonds is 6. The first kappa shape index (κ1) is 14.6. The highest BCUT2D eigenvalue weighted by Crippen LogP contribution is 2.33. The van der Waals surface area contributed by atoms with Gasteiger partial charge in [0.15, 0.2) is 5.79 Å². The highest BCUT2D eigenvalue weighted by Gasteiger charge is 2.35. The van der Waals surface area contributed by atoms with Crippen LogP contribution < -0.4 is 5.73 Å². The Bertz CT molecular complexity index is 430. The second-order valence-corrected chi connectivity index (χ2v) is 4.11. The van der Waals surface area contributed by atoms with Gasteiger partial charge in [-0.25, -0.2) is 4.39 Å². The van der Waals surface area contributed by atoms with Gasteiger partial charge in [-0.3, -0.25) is 4.79 Å². The van der Waals surface area contributed by atoms with Crippen LogP contribution in [-0.2, 0) is 20.1 Å². The number of nitrogens with two attached hydrogens (primary N) is 1. The molecule has 0 heterocycles. The number of ether oxygens (including phenoxy) is 2. The van der Waals surface area contributed by atoms with Gasteiger partial charge in [-0.15, -0.1) is 0 Å². The summed E-state index contributed by atoms with van der Waals surface area (Å²) in [7, 11) is 2.82. The van der Waals surface area contributed by atoms with Crippen molar-refractivity contribution in [3.63, 3.8) is 0 Å². The molecule has 1 aromatic carbocycles. The van der Waals surface area contributed by atoms with Crippen molar-refractivity contribution in [2.45, 2.75) is 25.6 Å². The lowest BCUT2D eigenvalue weighted by molar-refractivity contribution is -0.222. The average Bonchev–Trinajstić information content (AvgIpc) is 2.35. The molecule has 0 aromatic heterocycles. The van der Waals surface area contributed by atoms with E-state index < -0.39 is 17.5 Å². The summed E-state index contributed by atoms with van der Waals surface area (Å²) < 4.78 is 24.5. The quantitative estimate of drug-likeness (QED) is 0.789. The van der Waals surface area contributed by atoms with Crippen LogP contribution >= 0.6 is 0 Å². The normalized spacial score (nSPS) is 11.6. The Morgan fingerprint density at radius 1 is 1.39 bits per heavy atom. The third kappa shape index (κ3) is 3.05. The van der Waals surface area contributed by atoms with Gasteiger partial charge >= 0.3 is 0 Å². The number of carbonyl (C=O) groups is 1. The zero-order chi connectivity index (χ0) is 13.8. The molecule has 0 aliphatic heterocycles. The van der Waals surface area contributed by atoms with Crippen molar-refractivity contribution < 1.29 is 18.7 Å². The molecule has 0 aliphatic carbocycles. The Kier molecular flexibility index (Phi) is 4.81. The van der Waals surface area contributed by atoms with E-state index in [0.29, 0.717) is 0 Å². The lowest BCUT2D eigenvalue weighted by atomic mass is 9.97. The van der Waals surface area contributed by atoms with Crippen molar-refractivity contribution >= 4 is 5.91 Å². The van der Waals surface area contributed by atoms with Crippen LogP contribution in [0.15, 0.2) is 18.2 Å². The van der Waals surface area contributed by atoms with Gasteiger partial charge in [0, 0.05) is 32.6 Å². The smallest absolute Gasteiger partial charge is 0.217 e. The fourth-order valence-corrected chi connectivity index (χ4v) is 1.86. The SMILES string of the molecule is COC(CCC(N)=O)(OC)c1cc(C)ccc1F. The predicted molar refractivity (Wildman–Crippen MR) is 65.3 cm³/mol. The second-order valence-electron chi connectivity index (χ2n) is 4.11. The fourth-order valence-electron chi connectivity index (χ4n) is 1.86. The number of amides is 1. The van der Waals surface area contributed by atoms with Crippen molar-refractivity contribution in [3.05, 3.63) is 35.1 Å². The van der Waals surface area contributed by atoms with Crippen molar-refractivity contribution in [2.75, 3.05) is 14.2 Å². The standard InChI is InChI=1S/C13H18FNO3/c1-9-4-5-11(14)10(8-9)13(17-2,18-3)7-6-12(15)16/h4-5,8H,6-7H2,1-3H3,(H2,15,16). The van der Waals surface area contributed by atoms with Gasteiger partial charge in [-0.05, 0) is 19.1 Å². The number of carbonyl (C=O) groups excluding carboxylic acids is 1. The molecule has 1 rings (SSSR count). The minimum absolute atomic E-state index is 0.0507. The highest BCUT2D eigenvalue weighted by atomic mass is 19.1. The number of halogens is 1. The van der Waals surface area contributed by atoms with E-state index in [9.17, 15) is 9.18 Å². The van der Waals surface area contributed by atoms with Gasteiger partial charge in [-0.1, -0.05) is 11.6 Å². The molecule has 0 saturated carbocycles. The first-order chi connectivity index (χ1) is 8.45. The van der Waals surface area contributed by atoms with Crippen LogP contribution in [0.4, 0.5) is 4.39 Å². The molecule has 18 heavy (non-hydrogen) atoms. The Morgan fingerprint density at radius 2 is 2.00 bits per heavy atom. The van der Waals surface area contributed by atoms with E-state index in [2.05, 4.69) is 0 Å². The van der Waals surface area contributed by atoms with Crippen LogP contribution in [0.3, 0.4) is 0 Å². The van der Waals surface area contributed by atoms with Crippen molar-refractivity contribution in [3.8, 4) is 0 Å². The molecule has 2 N–H and O–H groups in total. The molecule has 0 aliphatic rings. The number of benzene rings is 1. The first-order valence-corrected chi connectivity index (χ1v) is 5.60. The van der Waals surface area contributed by atoms with Crippen LogP contribution in [0.25, 0.3) is 0 Å². The minimum atomic E-state index is -1.29. The van der Waals surface area contributed by atoms with Crippen molar-refractivity contribution in [2.24, 2.45) is 5.73 Å². The van der Waals surface area contributed by atoms with Gasteiger partial charge in [0.2, 0.25) is 5.91 Å².